The third-order valence-electron chi connectivity index (χ3n) is 3.31. The summed E-state index contributed by atoms with van der Waals surface area (Å²) >= 11 is 3.09. The number of rotatable bonds is 6. The third kappa shape index (κ3) is 5.50. The number of nitrogens with zero attached hydrogens (tertiary/aromatic N) is 2. The number of hydrogen-bond acceptors (Lipinski definition) is 6. The maximum atomic E-state index is 11.9. The van der Waals surface area contributed by atoms with E-state index in [4.69, 9.17) is 11.5 Å². The summed E-state index contributed by atoms with van der Waals surface area (Å²) in [6, 6.07) is 3.49. The molecule has 1 atom stereocenters. The standard InChI is InChI=1S/C15H22N6OS2/c1-9(11-6-4-8-23-11)20-15(22)21-13(16)18-7-3-5-12-10(2)19-14(17)24-12/h4,6,8-9H,3,5,7H2,1-2H3,(H2,17,19)(H4,16,18,20,21,22). The molecule has 2 amide bonds. The second-order valence-electron chi connectivity index (χ2n) is 5.27. The van der Waals surface area contributed by atoms with E-state index >= 15 is 0 Å². The van der Waals surface area contributed by atoms with E-state index in [1.54, 1.807) is 11.3 Å². The molecule has 0 fully saturated rings. The lowest BCUT2D eigenvalue weighted by molar-refractivity contribution is 0.242. The lowest BCUT2D eigenvalue weighted by Gasteiger charge is -2.12. The SMILES string of the molecule is Cc1nc(N)sc1CCCN=C(N)NC(=O)NC(C)c1cccs1. The van der Waals surface area contributed by atoms with Gasteiger partial charge in [0, 0.05) is 16.3 Å². The van der Waals surface area contributed by atoms with Crippen molar-refractivity contribution in [3.05, 3.63) is 33.0 Å². The molecular weight excluding hydrogens is 344 g/mol. The Morgan fingerprint density at radius 1 is 1.50 bits per heavy atom. The molecule has 24 heavy (non-hydrogen) atoms. The summed E-state index contributed by atoms with van der Waals surface area (Å²) in [4.78, 5) is 22.5. The summed E-state index contributed by atoms with van der Waals surface area (Å²) in [5.41, 5.74) is 12.4. The molecule has 0 aliphatic heterocycles. The van der Waals surface area contributed by atoms with Gasteiger partial charge in [-0.2, -0.15) is 0 Å². The fourth-order valence-corrected chi connectivity index (χ4v) is 3.73. The van der Waals surface area contributed by atoms with Crippen LogP contribution in [0.5, 0.6) is 0 Å². The number of aromatic nitrogens is 1. The van der Waals surface area contributed by atoms with Crippen LogP contribution in [-0.4, -0.2) is 23.5 Å². The number of aliphatic imine (C=N–C) groups is 1. The summed E-state index contributed by atoms with van der Waals surface area (Å²) in [5, 5.41) is 7.92. The molecular formula is C15H22N6OS2. The van der Waals surface area contributed by atoms with Crippen molar-refractivity contribution in [2.24, 2.45) is 10.7 Å². The van der Waals surface area contributed by atoms with Crippen LogP contribution in [0.1, 0.15) is 34.8 Å². The number of carbonyl (C=O) groups is 1. The normalized spacial score (nSPS) is 12.8. The number of hydrogen-bond donors (Lipinski definition) is 4. The van der Waals surface area contributed by atoms with E-state index in [1.165, 1.54) is 11.3 Å². The van der Waals surface area contributed by atoms with Gasteiger partial charge in [0.2, 0.25) is 0 Å². The van der Waals surface area contributed by atoms with Gasteiger partial charge in [-0.05, 0) is 38.1 Å². The van der Waals surface area contributed by atoms with Gasteiger partial charge in [-0.3, -0.25) is 10.3 Å². The van der Waals surface area contributed by atoms with Crippen LogP contribution in [0.4, 0.5) is 9.93 Å². The third-order valence-corrected chi connectivity index (χ3v) is 5.41. The number of urea groups is 1. The first-order chi connectivity index (χ1) is 11.5. The van der Waals surface area contributed by atoms with Crippen molar-refractivity contribution in [3.8, 4) is 0 Å². The summed E-state index contributed by atoms with van der Waals surface area (Å²) in [6.45, 7) is 4.39. The average molecular weight is 367 g/mol. The van der Waals surface area contributed by atoms with Crippen LogP contribution in [0.2, 0.25) is 0 Å². The van der Waals surface area contributed by atoms with Gasteiger partial charge in [0.1, 0.15) is 0 Å². The van der Waals surface area contributed by atoms with Crippen LogP contribution in [-0.2, 0) is 6.42 Å². The molecule has 0 aromatic carbocycles. The molecule has 6 N–H and O–H groups in total. The van der Waals surface area contributed by atoms with E-state index in [0.717, 1.165) is 28.3 Å². The van der Waals surface area contributed by atoms with Gasteiger partial charge >= 0.3 is 6.03 Å². The van der Waals surface area contributed by atoms with Crippen molar-refractivity contribution in [1.82, 2.24) is 15.6 Å². The summed E-state index contributed by atoms with van der Waals surface area (Å²) in [7, 11) is 0. The van der Waals surface area contributed by atoms with Gasteiger partial charge in [-0.25, -0.2) is 9.78 Å². The molecule has 0 saturated heterocycles. The Balaban J connectivity index is 1.71. The number of carbonyl (C=O) groups excluding carboxylic acids is 1. The first-order valence-electron chi connectivity index (χ1n) is 7.58. The van der Waals surface area contributed by atoms with Gasteiger partial charge < -0.3 is 16.8 Å². The van der Waals surface area contributed by atoms with Gasteiger partial charge in [0.15, 0.2) is 11.1 Å². The van der Waals surface area contributed by atoms with Crippen LogP contribution in [0.15, 0.2) is 22.5 Å². The van der Waals surface area contributed by atoms with E-state index in [0.29, 0.717) is 11.7 Å². The van der Waals surface area contributed by atoms with Crippen molar-refractivity contribution in [1.29, 1.82) is 0 Å². The number of thiophene rings is 1. The molecule has 0 bridgehead atoms. The number of amides is 2. The van der Waals surface area contributed by atoms with Crippen molar-refractivity contribution in [2.75, 3.05) is 12.3 Å². The van der Waals surface area contributed by atoms with Crippen molar-refractivity contribution in [2.45, 2.75) is 32.7 Å². The number of guanidine groups is 1. The van der Waals surface area contributed by atoms with Gasteiger partial charge in [-0.1, -0.05) is 6.07 Å². The zero-order chi connectivity index (χ0) is 17.5. The zero-order valence-electron chi connectivity index (χ0n) is 13.7. The quantitative estimate of drug-likeness (QED) is 0.356. The molecule has 0 aliphatic carbocycles. The van der Waals surface area contributed by atoms with Gasteiger partial charge in [0.25, 0.3) is 0 Å². The van der Waals surface area contributed by atoms with Crippen molar-refractivity contribution in [3.63, 3.8) is 0 Å². The smallest absolute Gasteiger partial charge is 0.322 e. The first kappa shape index (κ1) is 18.2. The minimum absolute atomic E-state index is 0.0717. The largest absolute Gasteiger partial charge is 0.375 e. The molecule has 1 unspecified atom stereocenters. The number of aryl methyl sites for hydroxylation is 2. The Bertz CT molecular complexity index is 695. The van der Waals surface area contributed by atoms with Crippen LogP contribution < -0.4 is 22.1 Å². The first-order valence-corrected chi connectivity index (χ1v) is 9.28. The van der Waals surface area contributed by atoms with E-state index < -0.39 is 0 Å². The molecule has 2 heterocycles. The minimum atomic E-state index is -0.358. The predicted octanol–water partition coefficient (Wildman–Crippen LogP) is 2.40. The monoisotopic (exact) mass is 366 g/mol. The molecule has 0 saturated carbocycles. The highest BCUT2D eigenvalue weighted by Gasteiger charge is 2.10. The summed E-state index contributed by atoms with van der Waals surface area (Å²) in [6.07, 6.45) is 1.66. The number of anilines is 1. The maximum absolute atomic E-state index is 11.9. The Hall–Kier alpha value is -2.13. The van der Waals surface area contributed by atoms with Crippen LogP contribution >= 0.6 is 22.7 Å². The van der Waals surface area contributed by atoms with E-state index in [1.807, 2.05) is 31.4 Å². The van der Waals surface area contributed by atoms with Gasteiger partial charge in [-0.15, -0.1) is 22.7 Å². The Labute approximate surface area is 149 Å². The molecule has 0 spiro atoms. The lowest BCUT2D eigenvalue weighted by Crippen LogP contribution is -2.44. The minimum Gasteiger partial charge on any atom is -0.375 e. The molecule has 2 rings (SSSR count). The Morgan fingerprint density at radius 2 is 2.29 bits per heavy atom. The van der Waals surface area contributed by atoms with Crippen LogP contribution in [0.3, 0.4) is 0 Å². The second-order valence-corrected chi connectivity index (χ2v) is 7.36. The topological polar surface area (TPSA) is 118 Å². The maximum Gasteiger partial charge on any atom is 0.322 e. The number of nitrogens with two attached hydrogens (primary N) is 2. The van der Waals surface area contributed by atoms with Crippen LogP contribution in [0, 0.1) is 6.92 Å². The highest BCUT2D eigenvalue weighted by molar-refractivity contribution is 7.15. The molecule has 0 aliphatic rings. The highest BCUT2D eigenvalue weighted by atomic mass is 32.1. The summed E-state index contributed by atoms with van der Waals surface area (Å²) in [5.74, 6) is 0.117. The van der Waals surface area contributed by atoms with Crippen molar-refractivity contribution >= 4 is 39.8 Å². The van der Waals surface area contributed by atoms with E-state index in [-0.39, 0.29) is 18.0 Å². The van der Waals surface area contributed by atoms with Crippen molar-refractivity contribution < 1.29 is 4.79 Å². The summed E-state index contributed by atoms with van der Waals surface area (Å²) < 4.78 is 0. The second kappa shape index (κ2) is 8.65. The fraction of sp³-hybridized carbons (Fsp3) is 0.400. The Morgan fingerprint density at radius 3 is 2.92 bits per heavy atom. The molecule has 9 heteroatoms. The zero-order valence-corrected chi connectivity index (χ0v) is 15.3. The molecule has 0 radical (unpaired) electrons. The number of thiazole rings is 1. The molecule has 2 aromatic heterocycles. The fourth-order valence-electron chi connectivity index (χ4n) is 2.12. The highest BCUT2D eigenvalue weighted by Crippen LogP contribution is 2.21. The van der Waals surface area contributed by atoms with Gasteiger partial charge in [0.05, 0.1) is 11.7 Å². The lowest BCUT2D eigenvalue weighted by atomic mass is 10.2. The van der Waals surface area contributed by atoms with E-state index in [9.17, 15) is 4.79 Å². The number of nitrogens with one attached hydrogen (secondary N) is 2. The van der Waals surface area contributed by atoms with Crippen LogP contribution in [0.25, 0.3) is 0 Å². The average Bonchev–Trinajstić information content (AvgIpc) is 3.13. The molecule has 7 nitrogen and oxygen atoms in total. The molecule has 130 valence electrons. The van der Waals surface area contributed by atoms with E-state index in [2.05, 4.69) is 20.6 Å². The Kier molecular flexibility index (Phi) is 6.56. The predicted molar refractivity (Wildman–Crippen MR) is 100 cm³/mol. The molecule has 2 aromatic rings. The number of nitrogen functional groups attached to an aromatic ring is 1.